The Balaban J connectivity index is 1.82. The fourth-order valence-corrected chi connectivity index (χ4v) is 5.08. The summed E-state index contributed by atoms with van der Waals surface area (Å²) >= 11 is 0. The van der Waals surface area contributed by atoms with E-state index in [0.29, 0.717) is 11.4 Å². The van der Waals surface area contributed by atoms with Gasteiger partial charge < -0.3 is 11.5 Å². The number of aromatic nitrogens is 3. The first-order valence-corrected chi connectivity index (χ1v) is 11.8. The molecule has 4 aromatic carbocycles. The summed E-state index contributed by atoms with van der Waals surface area (Å²) in [6.45, 7) is 0. The second kappa shape index (κ2) is 8.71. The van der Waals surface area contributed by atoms with E-state index in [1.165, 1.54) is 0 Å². The van der Waals surface area contributed by atoms with Gasteiger partial charge in [0, 0.05) is 23.3 Å². The van der Waals surface area contributed by atoms with Crippen molar-refractivity contribution >= 4 is 22.3 Å². The first-order valence-electron chi connectivity index (χ1n) is 11.8. The molecule has 0 atom stereocenters. The number of fused-ring (bicyclic) bond motifs is 1. The van der Waals surface area contributed by atoms with Crippen molar-refractivity contribution < 1.29 is 0 Å². The molecule has 0 unspecified atom stereocenters. The number of pyridine rings is 1. The van der Waals surface area contributed by atoms with Crippen molar-refractivity contribution in [2.75, 3.05) is 11.5 Å². The van der Waals surface area contributed by atoms with Crippen LogP contribution in [0.3, 0.4) is 0 Å². The summed E-state index contributed by atoms with van der Waals surface area (Å²) in [5.74, 6) is 0. The third kappa shape index (κ3) is 3.33. The van der Waals surface area contributed by atoms with Crippen molar-refractivity contribution in [3.05, 3.63) is 144 Å². The van der Waals surface area contributed by atoms with Crippen molar-refractivity contribution in [2.24, 2.45) is 0 Å². The van der Waals surface area contributed by atoms with Crippen LogP contribution < -0.4 is 11.5 Å². The molecule has 0 aliphatic rings. The average Bonchev–Trinajstić information content (AvgIpc) is 3.30. The predicted molar refractivity (Wildman–Crippen MR) is 146 cm³/mol. The van der Waals surface area contributed by atoms with Crippen LogP contribution >= 0.6 is 0 Å². The number of hydrogen-bond donors (Lipinski definition) is 2. The molecule has 0 aliphatic carbocycles. The summed E-state index contributed by atoms with van der Waals surface area (Å²) in [5.41, 5.74) is 18.9. The van der Waals surface area contributed by atoms with E-state index in [4.69, 9.17) is 16.6 Å². The summed E-state index contributed by atoms with van der Waals surface area (Å²) in [5, 5.41) is 6.25. The molecular weight excluding hydrogens is 442 g/mol. The molecule has 4 N–H and O–H groups in total. The zero-order valence-electron chi connectivity index (χ0n) is 19.6. The van der Waals surface area contributed by atoms with Gasteiger partial charge in [-0.05, 0) is 41.0 Å². The lowest BCUT2D eigenvalue weighted by atomic mass is 9.77. The minimum atomic E-state index is -0.768. The number of rotatable bonds is 5. The lowest BCUT2D eigenvalue weighted by Gasteiger charge is -2.37. The van der Waals surface area contributed by atoms with Crippen LogP contribution in [0.15, 0.2) is 128 Å². The van der Waals surface area contributed by atoms with Crippen molar-refractivity contribution in [1.82, 2.24) is 14.8 Å². The molecule has 5 heteroatoms. The molecule has 2 heterocycles. The Morgan fingerprint density at radius 2 is 1.06 bits per heavy atom. The number of hydrogen-bond acceptors (Lipinski definition) is 4. The largest absolute Gasteiger partial charge is 0.397 e. The molecular formula is C31H25N5. The number of nitrogens with two attached hydrogens (primary N) is 2. The van der Waals surface area contributed by atoms with Crippen LogP contribution in [0.5, 0.6) is 0 Å². The highest BCUT2D eigenvalue weighted by Crippen LogP contribution is 2.44. The second-order valence-electron chi connectivity index (χ2n) is 8.80. The Morgan fingerprint density at radius 1 is 0.583 bits per heavy atom. The van der Waals surface area contributed by atoms with Crippen LogP contribution in [0.4, 0.5) is 11.4 Å². The maximum atomic E-state index is 6.39. The fraction of sp³-hybridized carbons (Fsp3) is 0.0323. The van der Waals surface area contributed by atoms with Gasteiger partial charge in [-0.1, -0.05) is 91.0 Å². The van der Waals surface area contributed by atoms with E-state index in [0.717, 1.165) is 38.9 Å². The summed E-state index contributed by atoms with van der Waals surface area (Å²) in [6.07, 6.45) is 3.55. The van der Waals surface area contributed by atoms with Crippen LogP contribution in [-0.2, 0) is 5.54 Å². The van der Waals surface area contributed by atoms with E-state index in [1.54, 1.807) is 12.4 Å². The lowest BCUT2D eigenvalue weighted by Crippen LogP contribution is -2.38. The van der Waals surface area contributed by atoms with E-state index >= 15 is 0 Å². The van der Waals surface area contributed by atoms with Crippen LogP contribution in [0.25, 0.3) is 22.2 Å². The number of anilines is 2. The average molecular weight is 468 g/mol. The van der Waals surface area contributed by atoms with Crippen molar-refractivity contribution in [2.45, 2.75) is 5.54 Å². The minimum Gasteiger partial charge on any atom is -0.397 e. The smallest absolute Gasteiger partial charge is 0.138 e. The van der Waals surface area contributed by atoms with E-state index < -0.39 is 5.54 Å². The van der Waals surface area contributed by atoms with E-state index in [-0.39, 0.29) is 0 Å². The van der Waals surface area contributed by atoms with E-state index in [9.17, 15) is 0 Å². The normalized spacial score (nSPS) is 11.6. The van der Waals surface area contributed by atoms with Gasteiger partial charge >= 0.3 is 0 Å². The van der Waals surface area contributed by atoms with Crippen LogP contribution in [-0.4, -0.2) is 14.8 Å². The first kappa shape index (κ1) is 21.6. The van der Waals surface area contributed by atoms with E-state index in [1.807, 2.05) is 42.5 Å². The zero-order chi connectivity index (χ0) is 24.5. The SMILES string of the molecule is Nc1cc2c(-c3ccncc3)nn(C(c3ccccc3)(c3ccccc3)c3ccccc3)c2cc1N. The molecule has 0 spiro atoms. The molecule has 0 saturated heterocycles. The number of nitrogen functional groups attached to an aromatic ring is 2. The Morgan fingerprint density at radius 3 is 1.56 bits per heavy atom. The summed E-state index contributed by atoms with van der Waals surface area (Å²) in [6, 6.07) is 39.2. The van der Waals surface area contributed by atoms with Crippen LogP contribution in [0.2, 0.25) is 0 Å². The summed E-state index contributed by atoms with van der Waals surface area (Å²) in [4.78, 5) is 4.20. The van der Waals surface area contributed by atoms with Crippen molar-refractivity contribution in [3.8, 4) is 11.3 Å². The highest BCUT2D eigenvalue weighted by atomic mass is 15.3. The molecule has 6 aromatic rings. The highest BCUT2D eigenvalue weighted by molar-refractivity contribution is 5.98. The van der Waals surface area contributed by atoms with Crippen LogP contribution in [0, 0.1) is 0 Å². The standard InChI is InChI=1S/C31H25N5/c32-27-20-26-29(21-28(27)33)36(35-30(26)22-16-18-34-19-17-22)31(23-10-4-1-5-11-23,24-12-6-2-7-13-24)25-14-8-3-9-15-25/h1-21H,32-33H2. The Labute approximate surface area is 209 Å². The van der Waals surface area contributed by atoms with Gasteiger partial charge in [0.25, 0.3) is 0 Å². The molecule has 0 fully saturated rings. The van der Waals surface area contributed by atoms with Crippen molar-refractivity contribution in [3.63, 3.8) is 0 Å². The molecule has 6 rings (SSSR count). The third-order valence-corrected chi connectivity index (χ3v) is 6.73. The Hall–Kier alpha value is -4.90. The molecule has 0 bridgehead atoms. The van der Waals surface area contributed by atoms with Crippen molar-refractivity contribution in [1.29, 1.82) is 0 Å². The molecule has 2 aromatic heterocycles. The minimum absolute atomic E-state index is 0.521. The van der Waals surface area contributed by atoms with Gasteiger partial charge in [0.15, 0.2) is 0 Å². The van der Waals surface area contributed by atoms with Crippen LogP contribution in [0.1, 0.15) is 16.7 Å². The first-order chi connectivity index (χ1) is 17.7. The molecule has 0 amide bonds. The molecule has 36 heavy (non-hydrogen) atoms. The van der Waals surface area contributed by atoms with Gasteiger partial charge in [-0.25, -0.2) is 4.68 Å². The van der Waals surface area contributed by atoms with Gasteiger partial charge in [0.05, 0.1) is 16.9 Å². The zero-order valence-corrected chi connectivity index (χ0v) is 19.6. The maximum Gasteiger partial charge on any atom is 0.138 e. The second-order valence-corrected chi connectivity index (χ2v) is 8.80. The molecule has 0 saturated carbocycles. The quantitative estimate of drug-likeness (QED) is 0.237. The van der Waals surface area contributed by atoms with E-state index in [2.05, 4.69) is 82.5 Å². The van der Waals surface area contributed by atoms with Gasteiger partial charge in [-0.3, -0.25) is 4.98 Å². The lowest BCUT2D eigenvalue weighted by molar-refractivity contribution is 0.477. The molecule has 0 aliphatic heterocycles. The predicted octanol–water partition coefficient (Wildman–Crippen LogP) is 6.10. The fourth-order valence-electron chi connectivity index (χ4n) is 5.08. The molecule has 5 nitrogen and oxygen atoms in total. The van der Waals surface area contributed by atoms with Gasteiger partial charge in [-0.2, -0.15) is 5.10 Å². The molecule has 174 valence electrons. The molecule has 0 radical (unpaired) electrons. The van der Waals surface area contributed by atoms with Gasteiger partial charge in [0.2, 0.25) is 0 Å². The monoisotopic (exact) mass is 467 g/mol. The topological polar surface area (TPSA) is 82.8 Å². The third-order valence-electron chi connectivity index (χ3n) is 6.73. The highest BCUT2D eigenvalue weighted by Gasteiger charge is 2.41. The Bertz CT molecular complexity index is 1530. The number of nitrogens with zero attached hydrogens (tertiary/aromatic N) is 3. The number of benzene rings is 4. The summed E-state index contributed by atoms with van der Waals surface area (Å²) in [7, 11) is 0. The maximum absolute atomic E-state index is 6.39. The Kier molecular flexibility index (Phi) is 5.23. The summed E-state index contributed by atoms with van der Waals surface area (Å²) < 4.78 is 2.11. The van der Waals surface area contributed by atoms with Gasteiger partial charge in [0.1, 0.15) is 11.2 Å². The van der Waals surface area contributed by atoms with Gasteiger partial charge in [-0.15, -0.1) is 0 Å².